The van der Waals surface area contributed by atoms with Crippen LogP contribution in [0.1, 0.15) is 33.3 Å². The van der Waals surface area contributed by atoms with Crippen molar-refractivity contribution >= 4 is 10.8 Å². The summed E-state index contributed by atoms with van der Waals surface area (Å²) in [6.45, 7) is 8.00. The minimum absolute atomic E-state index is 0.281. The summed E-state index contributed by atoms with van der Waals surface area (Å²) in [5, 5.41) is 20.6. The lowest BCUT2D eigenvalue weighted by Gasteiger charge is -2.08. The molecule has 0 aliphatic carbocycles. The Morgan fingerprint density at radius 3 is 1.76 bits per heavy atom. The number of nitriles is 1. The fourth-order valence-corrected chi connectivity index (χ4v) is 3.03. The summed E-state index contributed by atoms with van der Waals surface area (Å²) in [5.41, 5.74) is 5.14. The number of benzene rings is 4. The minimum atomic E-state index is 0.281. The average molecular weight is 382 g/mol. The zero-order valence-electron chi connectivity index (χ0n) is 17.5. The van der Waals surface area contributed by atoms with E-state index < -0.39 is 0 Å². The van der Waals surface area contributed by atoms with Crippen LogP contribution >= 0.6 is 0 Å². The van der Waals surface area contributed by atoms with Gasteiger partial charge in [0.2, 0.25) is 0 Å². The molecular weight excluding hydrogens is 354 g/mol. The van der Waals surface area contributed by atoms with Crippen LogP contribution in [0.15, 0.2) is 84.9 Å². The second-order valence-corrected chi connectivity index (χ2v) is 6.02. The Kier molecular flexibility index (Phi) is 8.00. The van der Waals surface area contributed by atoms with Crippen molar-refractivity contribution in [3.8, 4) is 34.1 Å². The van der Waals surface area contributed by atoms with Gasteiger partial charge in [-0.25, -0.2) is 0 Å². The van der Waals surface area contributed by atoms with Gasteiger partial charge in [-0.05, 0) is 69.4 Å². The van der Waals surface area contributed by atoms with Gasteiger partial charge in [-0.2, -0.15) is 5.26 Å². The van der Waals surface area contributed by atoms with Gasteiger partial charge in [0, 0.05) is 0 Å². The van der Waals surface area contributed by atoms with Gasteiger partial charge in [0.25, 0.3) is 0 Å². The van der Waals surface area contributed by atoms with Crippen LogP contribution < -0.4 is 0 Å². The minimum Gasteiger partial charge on any atom is -0.508 e. The maximum Gasteiger partial charge on any atom is 0.116 e. The van der Waals surface area contributed by atoms with E-state index in [-0.39, 0.29) is 5.75 Å². The Hall–Kier alpha value is -3.57. The molecule has 0 saturated heterocycles. The number of phenols is 1. The third-order valence-electron chi connectivity index (χ3n) is 4.37. The van der Waals surface area contributed by atoms with Gasteiger partial charge in [0.1, 0.15) is 5.75 Å². The molecule has 0 aliphatic rings. The smallest absolute Gasteiger partial charge is 0.116 e. The largest absolute Gasteiger partial charge is 0.508 e. The number of fused-ring (bicyclic) bond motifs is 1. The van der Waals surface area contributed by atoms with E-state index in [2.05, 4.69) is 36.4 Å². The molecule has 2 heteroatoms. The second kappa shape index (κ2) is 10.7. The van der Waals surface area contributed by atoms with E-state index in [1.807, 2.05) is 70.2 Å². The Bertz CT molecular complexity index is 1110. The zero-order chi connectivity index (χ0) is 21.2. The van der Waals surface area contributed by atoms with Crippen molar-refractivity contribution < 1.29 is 5.11 Å². The molecule has 1 N–H and O–H groups in total. The number of aromatic hydroxyl groups is 1. The van der Waals surface area contributed by atoms with Crippen LogP contribution in [0, 0.1) is 11.3 Å². The van der Waals surface area contributed by atoms with E-state index in [0.29, 0.717) is 5.56 Å². The van der Waals surface area contributed by atoms with Crippen molar-refractivity contribution in [3.05, 3.63) is 90.5 Å². The van der Waals surface area contributed by atoms with E-state index in [1.54, 1.807) is 12.1 Å². The molecule has 0 unspecified atom stereocenters. The van der Waals surface area contributed by atoms with Crippen LogP contribution in [0.25, 0.3) is 33.0 Å². The highest BCUT2D eigenvalue weighted by molar-refractivity contribution is 5.88. The normalized spacial score (nSPS) is 9.48. The molecule has 2 nitrogen and oxygen atoms in total. The van der Waals surface area contributed by atoms with E-state index in [9.17, 15) is 5.11 Å². The summed E-state index contributed by atoms with van der Waals surface area (Å²) in [7, 11) is 0. The summed E-state index contributed by atoms with van der Waals surface area (Å²) in [4.78, 5) is 0. The fourth-order valence-electron chi connectivity index (χ4n) is 3.03. The zero-order valence-corrected chi connectivity index (χ0v) is 17.5. The predicted molar refractivity (Wildman–Crippen MR) is 124 cm³/mol. The standard InChI is InChI=1S/C23H15NO.2C2H6/c24-15-16-4-6-17(7-5-16)18-2-1-3-19(12-18)20-8-9-22-14-23(25)11-10-21(22)13-20;2*1-2/h1-14,25H;2*1-2H3. The van der Waals surface area contributed by atoms with Gasteiger partial charge in [-0.15, -0.1) is 0 Å². The second-order valence-electron chi connectivity index (χ2n) is 6.02. The molecule has 0 spiro atoms. The number of rotatable bonds is 2. The molecule has 146 valence electrons. The fraction of sp³-hybridized carbons (Fsp3) is 0.148. The Morgan fingerprint density at radius 1 is 0.586 bits per heavy atom. The number of hydrogen-bond donors (Lipinski definition) is 1. The lowest BCUT2D eigenvalue weighted by Crippen LogP contribution is -1.83. The SMILES string of the molecule is CC.CC.N#Cc1ccc(-c2cccc(-c3ccc4cc(O)ccc4c3)c2)cc1. The third kappa shape index (κ3) is 5.24. The molecule has 4 aromatic carbocycles. The van der Waals surface area contributed by atoms with E-state index in [1.165, 1.54) is 0 Å². The van der Waals surface area contributed by atoms with Crippen molar-refractivity contribution in [1.29, 1.82) is 5.26 Å². The molecule has 0 fully saturated rings. The molecule has 0 heterocycles. The van der Waals surface area contributed by atoms with Gasteiger partial charge >= 0.3 is 0 Å². The molecule has 4 rings (SSSR count). The average Bonchev–Trinajstić information content (AvgIpc) is 2.81. The number of phenolic OH excluding ortho intramolecular Hbond substituents is 1. The molecular formula is C27H27NO. The lowest BCUT2D eigenvalue weighted by molar-refractivity contribution is 0.476. The quantitative estimate of drug-likeness (QED) is 0.385. The first-order valence-corrected chi connectivity index (χ1v) is 10.1. The topological polar surface area (TPSA) is 44.0 Å². The van der Waals surface area contributed by atoms with E-state index >= 15 is 0 Å². The van der Waals surface area contributed by atoms with Crippen molar-refractivity contribution in [3.63, 3.8) is 0 Å². The van der Waals surface area contributed by atoms with Gasteiger partial charge in [-0.1, -0.05) is 76.2 Å². The molecule has 0 aliphatic heterocycles. The molecule has 0 saturated carbocycles. The highest BCUT2D eigenvalue weighted by Crippen LogP contribution is 2.29. The van der Waals surface area contributed by atoms with Crippen LogP contribution in [-0.2, 0) is 0 Å². The first kappa shape index (κ1) is 21.7. The van der Waals surface area contributed by atoms with Crippen molar-refractivity contribution in [2.24, 2.45) is 0 Å². The summed E-state index contributed by atoms with van der Waals surface area (Å²) in [6.07, 6.45) is 0. The summed E-state index contributed by atoms with van der Waals surface area (Å²) < 4.78 is 0. The predicted octanol–water partition coefficient (Wildman–Crippen LogP) is 7.80. The highest BCUT2D eigenvalue weighted by Gasteiger charge is 2.04. The number of nitrogens with zero attached hydrogens (tertiary/aromatic N) is 1. The number of hydrogen-bond acceptors (Lipinski definition) is 2. The molecule has 0 atom stereocenters. The Morgan fingerprint density at radius 2 is 1.10 bits per heavy atom. The van der Waals surface area contributed by atoms with E-state index in [4.69, 9.17) is 5.26 Å². The van der Waals surface area contributed by atoms with Gasteiger partial charge in [0.05, 0.1) is 11.6 Å². The summed E-state index contributed by atoms with van der Waals surface area (Å²) in [6, 6.07) is 29.8. The van der Waals surface area contributed by atoms with Crippen molar-refractivity contribution in [1.82, 2.24) is 0 Å². The third-order valence-corrected chi connectivity index (χ3v) is 4.37. The van der Waals surface area contributed by atoms with Crippen molar-refractivity contribution in [2.45, 2.75) is 27.7 Å². The molecule has 0 bridgehead atoms. The highest BCUT2D eigenvalue weighted by atomic mass is 16.3. The van der Waals surface area contributed by atoms with Gasteiger partial charge in [-0.3, -0.25) is 0 Å². The molecule has 0 aromatic heterocycles. The molecule has 4 aromatic rings. The van der Waals surface area contributed by atoms with Crippen LogP contribution in [0.2, 0.25) is 0 Å². The monoisotopic (exact) mass is 381 g/mol. The first-order chi connectivity index (χ1) is 14.2. The van der Waals surface area contributed by atoms with Crippen LogP contribution in [0.5, 0.6) is 5.75 Å². The lowest BCUT2D eigenvalue weighted by atomic mass is 9.97. The Labute approximate surface area is 173 Å². The van der Waals surface area contributed by atoms with Gasteiger partial charge < -0.3 is 5.11 Å². The van der Waals surface area contributed by atoms with Crippen LogP contribution in [0.4, 0.5) is 0 Å². The van der Waals surface area contributed by atoms with Crippen molar-refractivity contribution in [2.75, 3.05) is 0 Å². The molecule has 29 heavy (non-hydrogen) atoms. The first-order valence-electron chi connectivity index (χ1n) is 10.1. The Balaban J connectivity index is 0.000000707. The van der Waals surface area contributed by atoms with E-state index in [0.717, 1.165) is 33.0 Å². The maximum atomic E-state index is 9.60. The summed E-state index contributed by atoms with van der Waals surface area (Å²) in [5.74, 6) is 0.281. The van der Waals surface area contributed by atoms with Gasteiger partial charge in [0.15, 0.2) is 0 Å². The molecule has 0 radical (unpaired) electrons. The maximum absolute atomic E-state index is 9.60. The summed E-state index contributed by atoms with van der Waals surface area (Å²) >= 11 is 0. The molecule has 0 amide bonds. The van der Waals surface area contributed by atoms with Crippen LogP contribution in [0.3, 0.4) is 0 Å². The van der Waals surface area contributed by atoms with Crippen LogP contribution in [-0.4, -0.2) is 5.11 Å².